The molecule has 1 aliphatic rings. The van der Waals surface area contributed by atoms with Gasteiger partial charge in [-0.25, -0.2) is 4.98 Å². The van der Waals surface area contributed by atoms with Crippen LogP contribution in [0.1, 0.15) is 18.5 Å². The standard InChI is InChI=1S/C18H21N3O3S/c1-12-11-25-18(20-12)14-2-4-15(5-3-14)24-10-16(22)21-8-6-13(7-9-21)17(19)23/h2-5,11,13H,6-10H2,1H3,(H2,19,23). The number of likely N-dealkylation sites (tertiary alicyclic amines) is 1. The van der Waals surface area contributed by atoms with Crippen molar-refractivity contribution in [1.29, 1.82) is 0 Å². The van der Waals surface area contributed by atoms with Crippen molar-refractivity contribution in [2.75, 3.05) is 19.7 Å². The molecule has 3 rings (SSSR count). The van der Waals surface area contributed by atoms with Crippen molar-refractivity contribution >= 4 is 23.2 Å². The Balaban J connectivity index is 1.50. The highest BCUT2D eigenvalue weighted by molar-refractivity contribution is 7.13. The van der Waals surface area contributed by atoms with Gasteiger partial charge in [-0.1, -0.05) is 0 Å². The number of benzene rings is 1. The Hall–Kier alpha value is -2.41. The first-order valence-corrected chi connectivity index (χ1v) is 9.13. The van der Waals surface area contributed by atoms with Crippen molar-refractivity contribution in [3.05, 3.63) is 35.3 Å². The molecule has 1 aromatic heterocycles. The number of carbonyl (C=O) groups excluding carboxylic acids is 2. The molecule has 0 unspecified atom stereocenters. The molecule has 2 N–H and O–H groups in total. The first-order chi connectivity index (χ1) is 12.0. The maximum atomic E-state index is 12.2. The maximum Gasteiger partial charge on any atom is 0.260 e. The molecule has 0 bridgehead atoms. The molecule has 7 heteroatoms. The lowest BCUT2D eigenvalue weighted by Crippen LogP contribution is -2.43. The Kier molecular flexibility index (Phi) is 5.33. The summed E-state index contributed by atoms with van der Waals surface area (Å²) in [6, 6.07) is 7.57. The first kappa shape index (κ1) is 17.4. The minimum absolute atomic E-state index is 0.00303. The third kappa shape index (κ3) is 4.36. The summed E-state index contributed by atoms with van der Waals surface area (Å²) in [5.74, 6) is 0.186. The topological polar surface area (TPSA) is 85.5 Å². The van der Waals surface area contributed by atoms with E-state index in [2.05, 4.69) is 4.98 Å². The number of amides is 2. The summed E-state index contributed by atoms with van der Waals surface area (Å²) in [5, 5.41) is 2.98. The van der Waals surface area contributed by atoms with Gasteiger partial charge in [0.05, 0.1) is 0 Å². The predicted molar refractivity (Wildman–Crippen MR) is 96.3 cm³/mol. The molecule has 2 heterocycles. The third-order valence-electron chi connectivity index (χ3n) is 4.33. The van der Waals surface area contributed by atoms with Crippen LogP contribution in [0.2, 0.25) is 0 Å². The number of thiazole rings is 1. The number of ether oxygens (including phenoxy) is 1. The molecule has 0 saturated carbocycles. The molecule has 1 fully saturated rings. The monoisotopic (exact) mass is 359 g/mol. The normalized spacial score (nSPS) is 15.2. The van der Waals surface area contributed by atoms with Gasteiger partial charge in [0.25, 0.3) is 5.91 Å². The van der Waals surface area contributed by atoms with E-state index in [1.807, 2.05) is 36.6 Å². The van der Waals surface area contributed by atoms with Crippen LogP contribution in [-0.2, 0) is 9.59 Å². The molecule has 2 aromatic rings. The number of primary amides is 1. The van der Waals surface area contributed by atoms with Crippen LogP contribution < -0.4 is 10.5 Å². The number of hydrogen-bond donors (Lipinski definition) is 1. The van der Waals surface area contributed by atoms with Crippen LogP contribution in [0, 0.1) is 12.8 Å². The van der Waals surface area contributed by atoms with Crippen LogP contribution in [0.4, 0.5) is 0 Å². The van der Waals surface area contributed by atoms with Gasteiger partial charge in [-0.2, -0.15) is 0 Å². The SMILES string of the molecule is Cc1csc(-c2ccc(OCC(=O)N3CCC(C(N)=O)CC3)cc2)n1. The zero-order chi connectivity index (χ0) is 17.8. The molecule has 1 aromatic carbocycles. The Labute approximate surface area is 150 Å². The highest BCUT2D eigenvalue weighted by atomic mass is 32.1. The highest BCUT2D eigenvalue weighted by Gasteiger charge is 2.25. The number of carbonyl (C=O) groups is 2. The zero-order valence-corrected chi connectivity index (χ0v) is 14.9. The van der Waals surface area contributed by atoms with E-state index >= 15 is 0 Å². The lowest BCUT2D eigenvalue weighted by atomic mass is 9.96. The van der Waals surface area contributed by atoms with Crippen molar-refractivity contribution in [3.63, 3.8) is 0 Å². The van der Waals surface area contributed by atoms with Crippen molar-refractivity contribution in [3.8, 4) is 16.3 Å². The molecule has 1 aliphatic heterocycles. The first-order valence-electron chi connectivity index (χ1n) is 8.25. The molecule has 0 aliphatic carbocycles. The van der Waals surface area contributed by atoms with Gasteiger partial charge in [-0.05, 0) is 44.0 Å². The average Bonchev–Trinajstić information content (AvgIpc) is 3.06. The van der Waals surface area contributed by atoms with Gasteiger partial charge < -0.3 is 15.4 Å². The van der Waals surface area contributed by atoms with Crippen molar-refractivity contribution in [1.82, 2.24) is 9.88 Å². The van der Waals surface area contributed by atoms with Crippen LogP contribution in [-0.4, -0.2) is 41.4 Å². The zero-order valence-electron chi connectivity index (χ0n) is 14.1. The second-order valence-electron chi connectivity index (χ2n) is 6.16. The van der Waals surface area contributed by atoms with Crippen LogP contribution in [0.25, 0.3) is 10.6 Å². The largest absolute Gasteiger partial charge is 0.484 e. The van der Waals surface area contributed by atoms with E-state index in [4.69, 9.17) is 10.5 Å². The summed E-state index contributed by atoms with van der Waals surface area (Å²) in [7, 11) is 0. The minimum Gasteiger partial charge on any atom is -0.484 e. The minimum atomic E-state index is -0.279. The van der Waals surface area contributed by atoms with Crippen LogP contribution in [0.3, 0.4) is 0 Å². The second-order valence-corrected chi connectivity index (χ2v) is 7.02. The van der Waals surface area contributed by atoms with Crippen LogP contribution in [0.15, 0.2) is 29.6 Å². The number of rotatable bonds is 5. The number of aryl methyl sites for hydroxylation is 1. The molecule has 0 spiro atoms. The Morgan fingerprint density at radius 3 is 2.52 bits per heavy atom. The van der Waals surface area contributed by atoms with Crippen molar-refractivity contribution < 1.29 is 14.3 Å². The van der Waals surface area contributed by atoms with Gasteiger partial charge in [0.2, 0.25) is 5.91 Å². The second kappa shape index (κ2) is 7.65. The Morgan fingerprint density at radius 1 is 1.28 bits per heavy atom. The molecule has 2 amide bonds. The van der Waals surface area contributed by atoms with Gasteiger partial charge in [0.1, 0.15) is 10.8 Å². The molecule has 0 radical (unpaired) electrons. The highest BCUT2D eigenvalue weighted by Crippen LogP contribution is 2.25. The van der Waals surface area contributed by atoms with E-state index in [1.54, 1.807) is 16.2 Å². The smallest absolute Gasteiger partial charge is 0.260 e. The summed E-state index contributed by atoms with van der Waals surface area (Å²) in [6.45, 7) is 3.07. The summed E-state index contributed by atoms with van der Waals surface area (Å²) in [6.07, 6.45) is 1.26. The number of nitrogens with two attached hydrogens (primary N) is 1. The lowest BCUT2D eigenvalue weighted by Gasteiger charge is -2.30. The van der Waals surface area contributed by atoms with E-state index in [0.717, 1.165) is 16.3 Å². The average molecular weight is 359 g/mol. The number of nitrogens with zero attached hydrogens (tertiary/aromatic N) is 2. The van der Waals surface area contributed by atoms with E-state index in [-0.39, 0.29) is 24.3 Å². The summed E-state index contributed by atoms with van der Waals surface area (Å²) in [5.41, 5.74) is 7.35. The summed E-state index contributed by atoms with van der Waals surface area (Å²) < 4.78 is 5.59. The quantitative estimate of drug-likeness (QED) is 0.887. The molecular formula is C18H21N3O3S. The molecule has 0 atom stereocenters. The predicted octanol–water partition coefficient (Wildman–Crippen LogP) is 2.22. The van der Waals surface area contributed by atoms with Crippen LogP contribution >= 0.6 is 11.3 Å². The Bertz CT molecular complexity index is 749. The van der Waals surface area contributed by atoms with E-state index in [9.17, 15) is 9.59 Å². The lowest BCUT2D eigenvalue weighted by molar-refractivity contribution is -0.136. The molecule has 1 saturated heterocycles. The van der Waals surface area contributed by atoms with Crippen LogP contribution in [0.5, 0.6) is 5.75 Å². The molecule has 6 nitrogen and oxygen atoms in total. The van der Waals surface area contributed by atoms with Gasteiger partial charge in [0, 0.05) is 35.6 Å². The van der Waals surface area contributed by atoms with Crippen molar-refractivity contribution in [2.45, 2.75) is 19.8 Å². The van der Waals surface area contributed by atoms with Gasteiger partial charge in [-0.15, -0.1) is 11.3 Å². The molecule has 132 valence electrons. The number of hydrogen-bond acceptors (Lipinski definition) is 5. The third-order valence-corrected chi connectivity index (χ3v) is 5.34. The van der Waals surface area contributed by atoms with Crippen molar-refractivity contribution in [2.24, 2.45) is 11.7 Å². The molecule has 25 heavy (non-hydrogen) atoms. The van der Waals surface area contributed by atoms with E-state index < -0.39 is 0 Å². The molecular weight excluding hydrogens is 338 g/mol. The number of piperidine rings is 1. The van der Waals surface area contributed by atoms with E-state index in [0.29, 0.717) is 31.7 Å². The van der Waals surface area contributed by atoms with Gasteiger partial charge in [0.15, 0.2) is 6.61 Å². The maximum absolute atomic E-state index is 12.2. The Morgan fingerprint density at radius 2 is 1.96 bits per heavy atom. The van der Waals surface area contributed by atoms with Gasteiger partial charge >= 0.3 is 0 Å². The fraction of sp³-hybridized carbons (Fsp3) is 0.389. The number of aromatic nitrogens is 1. The summed E-state index contributed by atoms with van der Waals surface area (Å²) >= 11 is 1.60. The summed E-state index contributed by atoms with van der Waals surface area (Å²) in [4.78, 5) is 29.6. The van der Waals surface area contributed by atoms with E-state index in [1.165, 1.54) is 0 Å². The van der Waals surface area contributed by atoms with Gasteiger partial charge in [-0.3, -0.25) is 9.59 Å². The fourth-order valence-corrected chi connectivity index (χ4v) is 3.63. The fourth-order valence-electron chi connectivity index (χ4n) is 2.83.